The Kier molecular flexibility index (Phi) is 2.06. The van der Waals surface area contributed by atoms with Crippen LogP contribution in [0.1, 0.15) is 41.4 Å². The largest absolute Gasteiger partial charge is 0.345 e. The Morgan fingerprint density at radius 3 is 2.71 bits per heavy atom. The summed E-state index contributed by atoms with van der Waals surface area (Å²) >= 11 is 0. The first kappa shape index (κ1) is 9.25. The predicted octanol–water partition coefficient (Wildman–Crippen LogP) is 2.44. The fourth-order valence-corrected chi connectivity index (χ4v) is 2.08. The second kappa shape index (κ2) is 3.12. The molecule has 1 atom stereocenters. The summed E-state index contributed by atoms with van der Waals surface area (Å²) in [6.45, 7) is 6.24. The van der Waals surface area contributed by atoms with Crippen molar-refractivity contribution in [2.75, 3.05) is 0 Å². The van der Waals surface area contributed by atoms with Gasteiger partial charge in [-0.2, -0.15) is 0 Å². The van der Waals surface area contributed by atoms with E-state index in [4.69, 9.17) is 0 Å². The fourth-order valence-electron chi connectivity index (χ4n) is 2.08. The standard InChI is InChI=1S/C12H15NO/c1-7(2)11-9-6-4-5-8(3)10(9)12(14)13-11/h4-7,11H,1-3H3,(H,13,14). The van der Waals surface area contributed by atoms with E-state index in [1.54, 1.807) is 0 Å². The molecule has 1 aromatic carbocycles. The molecule has 1 amide bonds. The van der Waals surface area contributed by atoms with Gasteiger partial charge in [-0.25, -0.2) is 0 Å². The molecule has 2 nitrogen and oxygen atoms in total. The van der Waals surface area contributed by atoms with Crippen molar-refractivity contribution in [2.45, 2.75) is 26.8 Å². The topological polar surface area (TPSA) is 29.1 Å². The molecule has 0 aliphatic carbocycles. The van der Waals surface area contributed by atoms with Crippen molar-refractivity contribution in [1.29, 1.82) is 0 Å². The number of carbonyl (C=O) groups excluding carboxylic acids is 1. The normalized spacial score (nSPS) is 19.7. The molecule has 1 aromatic rings. The van der Waals surface area contributed by atoms with Gasteiger partial charge in [-0.15, -0.1) is 0 Å². The lowest BCUT2D eigenvalue weighted by atomic mass is 9.94. The zero-order valence-electron chi connectivity index (χ0n) is 8.79. The van der Waals surface area contributed by atoms with Gasteiger partial charge in [0.25, 0.3) is 5.91 Å². The van der Waals surface area contributed by atoms with Gasteiger partial charge in [-0.05, 0) is 24.0 Å². The summed E-state index contributed by atoms with van der Waals surface area (Å²) in [6.07, 6.45) is 0. The highest BCUT2D eigenvalue weighted by atomic mass is 16.2. The number of benzene rings is 1. The van der Waals surface area contributed by atoms with Crippen LogP contribution in [0, 0.1) is 12.8 Å². The molecule has 0 aromatic heterocycles. The Labute approximate surface area is 84.3 Å². The van der Waals surface area contributed by atoms with E-state index in [9.17, 15) is 4.79 Å². The van der Waals surface area contributed by atoms with E-state index in [1.807, 2.05) is 25.1 Å². The Hall–Kier alpha value is -1.31. The van der Waals surface area contributed by atoms with Crippen LogP contribution in [0.2, 0.25) is 0 Å². The van der Waals surface area contributed by atoms with Gasteiger partial charge in [-0.3, -0.25) is 4.79 Å². The predicted molar refractivity (Wildman–Crippen MR) is 56.2 cm³/mol. The minimum absolute atomic E-state index is 0.0804. The van der Waals surface area contributed by atoms with E-state index in [0.717, 1.165) is 16.7 Å². The van der Waals surface area contributed by atoms with Crippen LogP contribution in [-0.4, -0.2) is 5.91 Å². The Bertz CT molecular complexity index is 382. The van der Waals surface area contributed by atoms with E-state index in [1.165, 1.54) is 0 Å². The van der Waals surface area contributed by atoms with Crippen molar-refractivity contribution in [3.63, 3.8) is 0 Å². The van der Waals surface area contributed by atoms with Crippen molar-refractivity contribution in [3.8, 4) is 0 Å². The third kappa shape index (κ3) is 1.22. The third-order valence-electron chi connectivity index (χ3n) is 2.82. The number of hydrogen-bond acceptors (Lipinski definition) is 1. The average Bonchev–Trinajstić information content (AvgIpc) is 2.45. The van der Waals surface area contributed by atoms with Crippen molar-refractivity contribution < 1.29 is 4.79 Å². The van der Waals surface area contributed by atoms with Gasteiger partial charge in [0.2, 0.25) is 0 Å². The van der Waals surface area contributed by atoms with E-state index < -0.39 is 0 Å². The SMILES string of the molecule is Cc1cccc2c1C(=O)NC2C(C)C. The lowest BCUT2D eigenvalue weighted by molar-refractivity contribution is 0.0948. The number of nitrogens with one attached hydrogen (secondary N) is 1. The van der Waals surface area contributed by atoms with Crippen LogP contribution in [0.5, 0.6) is 0 Å². The lowest BCUT2D eigenvalue weighted by Gasteiger charge is -2.15. The minimum atomic E-state index is 0.0804. The molecule has 0 radical (unpaired) electrons. The maximum atomic E-state index is 11.7. The van der Waals surface area contributed by atoms with Crippen molar-refractivity contribution in [3.05, 3.63) is 34.9 Å². The minimum Gasteiger partial charge on any atom is -0.345 e. The summed E-state index contributed by atoms with van der Waals surface area (Å²) in [6, 6.07) is 6.24. The Balaban J connectivity index is 2.55. The number of amides is 1. The Morgan fingerprint density at radius 2 is 2.07 bits per heavy atom. The summed E-state index contributed by atoms with van der Waals surface area (Å²) in [4.78, 5) is 11.7. The van der Waals surface area contributed by atoms with Crippen LogP contribution in [0.25, 0.3) is 0 Å². The van der Waals surface area contributed by atoms with E-state index >= 15 is 0 Å². The lowest BCUT2D eigenvalue weighted by Crippen LogP contribution is -2.22. The molecule has 1 heterocycles. The van der Waals surface area contributed by atoms with Crippen LogP contribution in [0.4, 0.5) is 0 Å². The van der Waals surface area contributed by atoms with Crippen LogP contribution in [0.3, 0.4) is 0 Å². The highest BCUT2D eigenvalue weighted by molar-refractivity contribution is 6.00. The molecule has 14 heavy (non-hydrogen) atoms. The second-order valence-electron chi connectivity index (χ2n) is 4.23. The molecule has 0 saturated carbocycles. The first-order valence-corrected chi connectivity index (χ1v) is 5.01. The van der Waals surface area contributed by atoms with Crippen LogP contribution in [0.15, 0.2) is 18.2 Å². The zero-order valence-corrected chi connectivity index (χ0v) is 8.79. The molecule has 74 valence electrons. The molecule has 0 saturated heterocycles. The van der Waals surface area contributed by atoms with Gasteiger partial charge >= 0.3 is 0 Å². The molecule has 0 bridgehead atoms. The number of fused-ring (bicyclic) bond motifs is 1. The first-order valence-electron chi connectivity index (χ1n) is 5.01. The molecule has 1 unspecified atom stereocenters. The van der Waals surface area contributed by atoms with Crippen LogP contribution in [-0.2, 0) is 0 Å². The highest BCUT2D eigenvalue weighted by Crippen LogP contribution is 2.32. The second-order valence-corrected chi connectivity index (χ2v) is 4.23. The summed E-state index contributed by atoms with van der Waals surface area (Å²) in [5.74, 6) is 0.527. The number of rotatable bonds is 1. The Morgan fingerprint density at radius 1 is 1.36 bits per heavy atom. The molecule has 0 fully saturated rings. The zero-order chi connectivity index (χ0) is 10.3. The summed E-state index contributed by atoms with van der Waals surface area (Å²) in [5, 5.41) is 3.02. The average molecular weight is 189 g/mol. The van der Waals surface area contributed by atoms with E-state index in [0.29, 0.717) is 5.92 Å². The number of hydrogen-bond donors (Lipinski definition) is 1. The summed E-state index contributed by atoms with van der Waals surface area (Å²) in [5.41, 5.74) is 3.11. The van der Waals surface area contributed by atoms with Gasteiger partial charge in [0, 0.05) is 5.56 Å². The quantitative estimate of drug-likeness (QED) is 0.722. The highest BCUT2D eigenvalue weighted by Gasteiger charge is 2.31. The van der Waals surface area contributed by atoms with Gasteiger partial charge in [0.15, 0.2) is 0 Å². The molecule has 0 spiro atoms. The van der Waals surface area contributed by atoms with E-state index in [-0.39, 0.29) is 11.9 Å². The van der Waals surface area contributed by atoms with Gasteiger partial charge < -0.3 is 5.32 Å². The van der Waals surface area contributed by atoms with Crippen molar-refractivity contribution in [1.82, 2.24) is 5.32 Å². The maximum absolute atomic E-state index is 11.7. The fraction of sp³-hybridized carbons (Fsp3) is 0.417. The molecular weight excluding hydrogens is 174 g/mol. The molecule has 1 aliphatic heterocycles. The molecule has 1 aliphatic rings. The van der Waals surface area contributed by atoms with Crippen LogP contribution < -0.4 is 5.32 Å². The molecule has 1 N–H and O–H groups in total. The first-order chi connectivity index (χ1) is 6.61. The van der Waals surface area contributed by atoms with Crippen LogP contribution >= 0.6 is 0 Å². The maximum Gasteiger partial charge on any atom is 0.252 e. The van der Waals surface area contributed by atoms with Crippen molar-refractivity contribution in [2.24, 2.45) is 5.92 Å². The monoisotopic (exact) mass is 189 g/mol. The molecule has 2 heteroatoms. The van der Waals surface area contributed by atoms with Gasteiger partial charge in [0.1, 0.15) is 0 Å². The summed E-state index contributed by atoms with van der Waals surface area (Å²) < 4.78 is 0. The van der Waals surface area contributed by atoms with Gasteiger partial charge in [0.05, 0.1) is 6.04 Å². The number of aryl methyl sites for hydroxylation is 1. The molecule has 2 rings (SSSR count). The summed E-state index contributed by atoms with van der Waals surface area (Å²) in [7, 11) is 0. The van der Waals surface area contributed by atoms with Gasteiger partial charge in [-0.1, -0.05) is 32.0 Å². The number of carbonyl (C=O) groups is 1. The molecular formula is C12H15NO. The third-order valence-corrected chi connectivity index (χ3v) is 2.82. The smallest absolute Gasteiger partial charge is 0.252 e. The van der Waals surface area contributed by atoms with Crippen molar-refractivity contribution >= 4 is 5.91 Å². The van der Waals surface area contributed by atoms with E-state index in [2.05, 4.69) is 19.2 Å².